The number of fused-ring (bicyclic) bond motifs is 2. The fourth-order valence-electron chi connectivity index (χ4n) is 1.82. The summed E-state index contributed by atoms with van der Waals surface area (Å²) >= 11 is 0. The van der Waals surface area contributed by atoms with Gasteiger partial charge in [-0.15, -0.1) is 0 Å². The Labute approximate surface area is 69.9 Å². The molecular formula is C10H8FN. The van der Waals surface area contributed by atoms with Crippen molar-refractivity contribution in [1.29, 1.82) is 0 Å². The molecule has 1 saturated carbocycles. The van der Waals surface area contributed by atoms with Crippen LogP contribution in [0.4, 0.5) is 10.1 Å². The molecule has 0 bridgehead atoms. The summed E-state index contributed by atoms with van der Waals surface area (Å²) in [6.07, 6.45) is 4.23. The smallest absolute Gasteiger partial charge is 0.123 e. The third kappa shape index (κ3) is 0.649. The van der Waals surface area contributed by atoms with Crippen LogP contribution in [0, 0.1) is 5.82 Å². The van der Waals surface area contributed by atoms with Gasteiger partial charge in [-0.05, 0) is 36.6 Å². The van der Waals surface area contributed by atoms with E-state index in [0.717, 1.165) is 24.1 Å². The van der Waals surface area contributed by atoms with Crippen molar-refractivity contribution in [2.24, 2.45) is 4.99 Å². The van der Waals surface area contributed by atoms with Crippen LogP contribution in [0.5, 0.6) is 0 Å². The Balaban J connectivity index is 2.25. The maximum atomic E-state index is 12.9. The van der Waals surface area contributed by atoms with Crippen molar-refractivity contribution < 1.29 is 4.39 Å². The highest BCUT2D eigenvalue weighted by molar-refractivity contribution is 5.88. The van der Waals surface area contributed by atoms with Crippen LogP contribution in [0.1, 0.15) is 18.4 Å². The summed E-state index contributed by atoms with van der Waals surface area (Å²) in [7, 11) is 0. The van der Waals surface area contributed by atoms with Crippen molar-refractivity contribution in [3.05, 3.63) is 29.6 Å². The SMILES string of the molecule is Fc1ccc2c(c1)C1(C=N2)CC1. The number of nitrogens with zero attached hydrogens (tertiary/aromatic N) is 1. The van der Waals surface area contributed by atoms with Gasteiger partial charge in [0.15, 0.2) is 0 Å². The van der Waals surface area contributed by atoms with Gasteiger partial charge in [-0.1, -0.05) is 0 Å². The molecule has 2 aliphatic rings. The molecule has 0 saturated heterocycles. The average Bonchev–Trinajstić information content (AvgIpc) is 2.74. The second-order valence-electron chi connectivity index (χ2n) is 3.58. The molecule has 1 aliphatic heterocycles. The fourth-order valence-corrected chi connectivity index (χ4v) is 1.82. The second-order valence-corrected chi connectivity index (χ2v) is 3.58. The van der Waals surface area contributed by atoms with Crippen LogP contribution in [0.15, 0.2) is 23.2 Å². The Bertz CT molecular complexity index is 377. The van der Waals surface area contributed by atoms with Gasteiger partial charge in [0.25, 0.3) is 0 Å². The predicted molar refractivity (Wildman–Crippen MR) is 45.5 cm³/mol. The predicted octanol–water partition coefficient (Wildman–Crippen LogP) is 2.57. The number of aliphatic imine (C=N–C) groups is 1. The van der Waals surface area contributed by atoms with Gasteiger partial charge in [0, 0.05) is 11.6 Å². The van der Waals surface area contributed by atoms with Crippen molar-refractivity contribution in [2.45, 2.75) is 18.3 Å². The highest BCUT2D eigenvalue weighted by Gasteiger charge is 2.47. The maximum absolute atomic E-state index is 12.9. The molecule has 1 fully saturated rings. The van der Waals surface area contributed by atoms with Crippen LogP contribution in [0.3, 0.4) is 0 Å². The first kappa shape index (κ1) is 6.35. The Hall–Kier alpha value is -1.18. The summed E-state index contributed by atoms with van der Waals surface area (Å²) in [5, 5.41) is 0. The van der Waals surface area contributed by atoms with Gasteiger partial charge in [0.1, 0.15) is 5.82 Å². The lowest BCUT2D eigenvalue weighted by molar-refractivity contribution is 0.625. The Kier molecular flexibility index (Phi) is 0.932. The molecule has 1 aliphatic carbocycles. The topological polar surface area (TPSA) is 12.4 Å². The fraction of sp³-hybridized carbons (Fsp3) is 0.300. The molecule has 0 aromatic heterocycles. The summed E-state index contributed by atoms with van der Waals surface area (Å²) in [5.74, 6) is -0.148. The first-order valence-corrected chi connectivity index (χ1v) is 4.15. The van der Waals surface area contributed by atoms with E-state index in [1.807, 2.05) is 6.21 Å². The Morgan fingerprint density at radius 2 is 2.17 bits per heavy atom. The normalized spacial score (nSPS) is 21.4. The lowest BCUT2D eigenvalue weighted by Gasteiger charge is -2.04. The summed E-state index contributed by atoms with van der Waals surface area (Å²) < 4.78 is 12.9. The monoisotopic (exact) mass is 161 g/mol. The number of halogens is 1. The molecule has 1 aromatic rings. The number of hydrogen-bond acceptors (Lipinski definition) is 1. The van der Waals surface area contributed by atoms with E-state index < -0.39 is 0 Å². The average molecular weight is 161 g/mol. The minimum absolute atomic E-state index is 0.136. The van der Waals surface area contributed by atoms with Crippen LogP contribution in [-0.2, 0) is 5.41 Å². The quantitative estimate of drug-likeness (QED) is 0.554. The maximum Gasteiger partial charge on any atom is 0.123 e. The molecule has 60 valence electrons. The third-order valence-electron chi connectivity index (χ3n) is 2.73. The second kappa shape index (κ2) is 1.76. The van der Waals surface area contributed by atoms with Gasteiger partial charge in [-0.2, -0.15) is 0 Å². The van der Waals surface area contributed by atoms with Crippen molar-refractivity contribution in [1.82, 2.24) is 0 Å². The summed E-state index contributed by atoms with van der Waals surface area (Å²) in [5.41, 5.74) is 2.17. The van der Waals surface area contributed by atoms with E-state index >= 15 is 0 Å². The highest BCUT2D eigenvalue weighted by Crippen LogP contribution is 2.53. The molecule has 0 unspecified atom stereocenters. The molecular weight excluding hydrogens is 153 g/mol. The van der Waals surface area contributed by atoms with Crippen molar-refractivity contribution >= 4 is 11.9 Å². The molecule has 1 aromatic carbocycles. The lowest BCUT2D eigenvalue weighted by Crippen LogP contribution is -2.02. The summed E-state index contributed by atoms with van der Waals surface area (Å²) in [4.78, 5) is 4.26. The number of benzene rings is 1. The molecule has 0 atom stereocenters. The zero-order valence-electron chi connectivity index (χ0n) is 6.55. The number of rotatable bonds is 0. The van der Waals surface area contributed by atoms with Crippen molar-refractivity contribution in [3.63, 3.8) is 0 Å². The number of hydrogen-bond donors (Lipinski definition) is 0. The molecule has 1 spiro atoms. The Morgan fingerprint density at radius 3 is 2.92 bits per heavy atom. The molecule has 1 nitrogen and oxygen atoms in total. The molecule has 2 heteroatoms. The first-order valence-electron chi connectivity index (χ1n) is 4.15. The standard InChI is InChI=1S/C10H8FN/c11-7-1-2-9-8(5-7)10(3-4-10)6-12-9/h1-2,5-6H,3-4H2. The van der Waals surface area contributed by atoms with Crippen LogP contribution in [-0.4, -0.2) is 6.21 Å². The summed E-state index contributed by atoms with van der Waals surface area (Å²) in [6.45, 7) is 0. The lowest BCUT2D eigenvalue weighted by atomic mass is 9.98. The van der Waals surface area contributed by atoms with E-state index in [-0.39, 0.29) is 11.2 Å². The van der Waals surface area contributed by atoms with E-state index in [1.165, 1.54) is 6.07 Å². The van der Waals surface area contributed by atoms with Gasteiger partial charge in [0.2, 0.25) is 0 Å². The van der Waals surface area contributed by atoms with E-state index in [9.17, 15) is 4.39 Å². The largest absolute Gasteiger partial charge is 0.260 e. The highest BCUT2D eigenvalue weighted by atomic mass is 19.1. The zero-order chi connectivity index (χ0) is 8.18. The van der Waals surface area contributed by atoms with Crippen LogP contribution in [0.25, 0.3) is 0 Å². The minimum atomic E-state index is -0.148. The van der Waals surface area contributed by atoms with Gasteiger partial charge in [-0.3, -0.25) is 4.99 Å². The summed E-state index contributed by atoms with van der Waals surface area (Å²) in [6, 6.07) is 4.85. The Morgan fingerprint density at radius 1 is 1.33 bits per heavy atom. The van der Waals surface area contributed by atoms with Gasteiger partial charge in [0.05, 0.1) is 5.69 Å². The van der Waals surface area contributed by atoms with E-state index in [4.69, 9.17) is 0 Å². The molecule has 0 amide bonds. The third-order valence-corrected chi connectivity index (χ3v) is 2.73. The first-order chi connectivity index (χ1) is 5.80. The van der Waals surface area contributed by atoms with Crippen LogP contribution in [0.2, 0.25) is 0 Å². The van der Waals surface area contributed by atoms with E-state index in [2.05, 4.69) is 4.99 Å². The van der Waals surface area contributed by atoms with Gasteiger partial charge in [-0.25, -0.2) is 4.39 Å². The van der Waals surface area contributed by atoms with E-state index in [0.29, 0.717) is 0 Å². The van der Waals surface area contributed by atoms with E-state index in [1.54, 1.807) is 12.1 Å². The molecule has 1 heterocycles. The van der Waals surface area contributed by atoms with Crippen molar-refractivity contribution in [3.8, 4) is 0 Å². The van der Waals surface area contributed by atoms with Crippen LogP contribution >= 0.6 is 0 Å². The minimum Gasteiger partial charge on any atom is -0.260 e. The zero-order valence-corrected chi connectivity index (χ0v) is 6.55. The molecule has 0 radical (unpaired) electrons. The molecule has 0 N–H and O–H groups in total. The van der Waals surface area contributed by atoms with Crippen molar-refractivity contribution in [2.75, 3.05) is 0 Å². The van der Waals surface area contributed by atoms with Gasteiger partial charge >= 0.3 is 0 Å². The van der Waals surface area contributed by atoms with Gasteiger partial charge < -0.3 is 0 Å². The molecule has 3 rings (SSSR count). The molecule has 12 heavy (non-hydrogen) atoms. The van der Waals surface area contributed by atoms with Crippen LogP contribution < -0.4 is 0 Å².